The maximum absolute atomic E-state index is 13.1. The number of Topliss-reactive ketones (excluding diaryl/α,β-unsaturated/α-hetero) is 1. The maximum Gasteiger partial charge on any atom is 0.226 e. The molecule has 1 aromatic carbocycles. The standard InChI is InChI=1S/C23H24BrN5O4/c1-13(2)19(24)20(30)15-12-26-23(25-11-14-7-8-16(31-3)18(10-14)32-4)29-22(15)27-21(28-29)17-6-5-9-33-17/h5-10,12-13,19H,11H2,1-4H3,(H,25,26). The molecule has 0 saturated carbocycles. The molecule has 0 saturated heterocycles. The minimum Gasteiger partial charge on any atom is -0.493 e. The lowest BCUT2D eigenvalue weighted by atomic mass is 10.0. The van der Waals surface area contributed by atoms with E-state index < -0.39 is 0 Å². The Morgan fingerprint density at radius 3 is 2.67 bits per heavy atom. The number of ether oxygens (including phenoxy) is 2. The monoisotopic (exact) mass is 513 g/mol. The van der Waals surface area contributed by atoms with Gasteiger partial charge in [-0.1, -0.05) is 35.8 Å². The number of nitrogens with one attached hydrogen (secondary N) is 1. The second kappa shape index (κ2) is 9.62. The van der Waals surface area contributed by atoms with Crippen molar-refractivity contribution in [2.45, 2.75) is 25.2 Å². The quantitative estimate of drug-likeness (QED) is 0.255. The van der Waals surface area contributed by atoms with Gasteiger partial charge in [0.1, 0.15) is 0 Å². The molecule has 1 atom stereocenters. The molecule has 3 heterocycles. The number of hydrogen-bond acceptors (Lipinski definition) is 8. The Labute approximate surface area is 199 Å². The van der Waals surface area contributed by atoms with Crippen LogP contribution >= 0.6 is 15.9 Å². The third kappa shape index (κ3) is 4.56. The minimum atomic E-state index is -0.363. The zero-order valence-electron chi connectivity index (χ0n) is 18.7. The van der Waals surface area contributed by atoms with Gasteiger partial charge in [0, 0.05) is 12.7 Å². The highest BCUT2D eigenvalue weighted by Crippen LogP contribution is 2.28. The van der Waals surface area contributed by atoms with E-state index in [1.54, 1.807) is 32.6 Å². The highest BCUT2D eigenvalue weighted by molar-refractivity contribution is 9.10. The lowest BCUT2D eigenvalue weighted by Crippen LogP contribution is -2.21. The maximum atomic E-state index is 13.1. The third-order valence-electron chi connectivity index (χ3n) is 5.11. The Balaban J connectivity index is 1.71. The average molecular weight is 514 g/mol. The van der Waals surface area contributed by atoms with E-state index in [2.05, 4.69) is 36.3 Å². The topological polar surface area (TPSA) is 104 Å². The van der Waals surface area contributed by atoms with Crippen molar-refractivity contribution >= 4 is 33.3 Å². The van der Waals surface area contributed by atoms with Crippen molar-refractivity contribution in [3.05, 3.63) is 53.9 Å². The van der Waals surface area contributed by atoms with E-state index in [9.17, 15) is 4.79 Å². The molecule has 1 N–H and O–H groups in total. The summed E-state index contributed by atoms with van der Waals surface area (Å²) < 4.78 is 17.7. The van der Waals surface area contributed by atoms with E-state index in [-0.39, 0.29) is 16.5 Å². The molecule has 9 nitrogen and oxygen atoms in total. The molecule has 0 bridgehead atoms. The molecule has 0 aliphatic carbocycles. The first kappa shape index (κ1) is 22.8. The Kier molecular flexibility index (Phi) is 6.64. The van der Waals surface area contributed by atoms with Gasteiger partial charge in [0.15, 0.2) is 28.7 Å². The van der Waals surface area contributed by atoms with Crippen molar-refractivity contribution in [3.8, 4) is 23.1 Å². The minimum absolute atomic E-state index is 0.104. The number of anilines is 1. The smallest absolute Gasteiger partial charge is 0.226 e. The molecule has 4 rings (SSSR count). The Bertz CT molecular complexity index is 1270. The fourth-order valence-corrected chi connectivity index (χ4v) is 3.55. The van der Waals surface area contributed by atoms with Crippen LogP contribution in [0.4, 0.5) is 5.95 Å². The fourth-order valence-electron chi connectivity index (χ4n) is 3.30. The van der Waals surface area contributed by atoms with Crippen LogP contribution in [0, 0.1) is 5.92 Å². The first-order chi connectivity index (χ1) is 15.9. The molecule has 4 aromatic rings. The summed E-state index contributed by atoms with van der Waals surface area (Å²) in [7, 11) is 3.19. The molecule has 0 aliphatic rings. The summed E-state index contributed by atoms with van der Waals surface area (Å²) in [4.78, 5) is 21.8. The summed E-state index contributed by atoms with van der Waals surface area (Å²) in [5, 5.41) is 7.82. The van der Waals surface area contributed by atoms with Crippen molar-refractivity contribution in [2.24, 2.45) is 5.92 Å². The lowest BCUT2D eigenvalue weighted by molar-refractivity contribution is 0.0978. The summed E-state index contributed by atoms with van der Waals surface area (Å²) in [6.07, 6.45) is 3.08. The van der Waals surface area contributed by atoms with Crippen molar-refractivity contribution in [1.82, 2.24) is 19.6 Å². The van der Waals surface area contributed by atoms with Gasteiger partial charge in [-0.3, -0.25) is 4.79 Å². The van der Waals surface area contributed by atoms with E-state index in [4.69, 9.17) is 13.9 Å². The van der Waals surface area contributed by atoms with E-state index in [1.807, 2.05) is 32.0 Å². The van der Waals surface area contributed by atoms with Crippen LogP contribution in [0.3, 0.4) is 0 Å². The third-order valence-corrected chi connectivity index (χ3v) is 6.58. The van der Waals surface area contributed by atoms with Crippen molar-refractivity contribution in [1.29, 1.82) is 0 Å². The number of aromatic nitrogens is 4. The highest BCUT2D eigenvalue weighted by atomic mass is 79.9. The van der Waals surface area contributed by atoms with Crippen molar-refractivity contribution < 1.29 is 18.7 Å². The van der Waals surface area contributed by atoms with Crippen LogP contribution in [0.25, 0.3) is 17.2 Å². The number of halogens is 1. The molecule has 0 fully saturated rings. The number of nitrogens with zero attached hydrogens (tertiary/aromatic N) is 4. The Morgan fingerprint density at radius 1 is 1.21 bits per heavy atom. The molecule has 0 amide bonds. The normalized spacial score (nSPS) is 12.2. The molecule has 33 heavy (non-hydrogen) atoms. The molecule has 10 heteroatoms. The van der Waals surface area contributed by atoms with Crippen LogP contribution in [-0.4, -0.2) is 44.4 Å². The number of furan rings is 1. The van der Waals surface area contributed by atoms with Crippen LogP contribution < -0.4 is 14.8 Å². The van der Waals surface area contributed by atoms with Gasteiger partial charge in [-0.05, 0) is 35.7 Å². The van der Waals surface area contributed by atoms with Gasteiger partial charge in [0.2, 0.25) is 11.8 Å². The van der Waals surface area contributed by atoms with E-state index >= 15 is 0 Å². The predicted molar refractivity (Wildman–Crippen MR) is 127 cm³/mol. The van der Waals surface area contributed by atoms with Crippen LogP contribution in [0.2, 0.25) is 0 Å². The van der Waals surface area contributed by atoms with Gasteiger partial charge < -0.3 is 19.2 Å². The van der Waals surface area contributed by atoms with Crippen LogP contribution in [0.5, 0.6) is 11.5 Å². The summed E-state index contributed by atoms with van der Waals surface area (Å²) in [5.41, 5.74) is 1.74. The largest absolute Gasteiger partial charge is 0.493 e. The summed E-state index contributed by atoms with van der Waals surface area (Å²) in [6, 6.07) is 9.18. The number of fused-ring (bicyclic) bond motifs is 1. The molecular formula is C23H24BrN5O4. The van der Waals surface area contributed by atoms with Gasteiger partial charge in [-0.2, -0.15) is 4.52 Å². The van der Waals surface area contributed by atoms with E-state index in [0.717, 1.165) is 5.56 Å². The first-order valence-corrected chi connectivity index (χ1v) is 11.3. The van der Waals surface area contributed by atoms with Crippen LogP contribution in [0.15, 0.2) is 47.2 Å². The number of ketones is 1. The van der Waals surface area contributed by atoms with Crippen LogP contribution in [-0.2, 0) is 6.54 Å². The van der Waals surface area contributed by atoms with Crippen molar-refractivity contribution in [3.63, 3.8) is 0 Å². The summed E-state index contributed by atoms with van der Waals surface area (Å²) >= 11 is 3.49. The Morgan fingerprint density at radius 2 is 2.00 bits per heavy atom. The second-order valence-corrected chi connectivity index (χ2v) is 8.68. The van der Waals surface area contributed by atoms with Crippen LogP contribution in [0.1, 0.15) is 29.8 Å². The average Bonchev–Trinajstić information content (AvgIpc) is 3.51. The van der Waals surface area contributed by atoms with Crippen molar-refractivity contribution in [2.75, 3.05) is 19.5 Å². The van der Waals surface area contributed by atoms with Gasteiger partial charge in [-0.25, -0.2) is 9.97 Å². The predicted octanol–water partition coefficient (Wildman–Crippen LogP) is 4.62. The number of hydrogen-bond donors (Lipinski definition) is 1. The molecule has 0 radical (unpaired) electrons. The number of benzene rings is 1. The number of methoxy groups -OCH3 is 2. The van der Waals surface area contributed by atoms with E-state index in [1.165, 1.54) is 10.7 Å². The number of rotatable bonds is 9. The summed E-state index contributed by atoms with van der Waals surface area (Å²) in [6.45, 7) is 4.39. The van der Waals surface area contributed by atoms with Gasteiger partial charge in [0.05, 0.1) is 30.9 Å². The fraction of sp³-hybridized carbons (Fsp3) is 0.304. The van der Waals surface area contributed by atoms with Gasteiger partial charge >= 0.3 is 0 Å². The summed E-state index contributed by atoms with van der Waals surface area (Å²) in [5.74, 6) is 2.60. The number of carbonyl (C=O) groups is 1. The molecule has 0 aliphatic heterocycles. The molecular weight excluding hydrogens is 490 g/mol. The SMILES string of the molecule is COc1ccc(CNc2ncc(C(=O)C(Br)C(C)C)c3nc(-c4ccco4)nn23)cc1OC. The second-order valence-electron chi connectivity index (χ2n) is 7.70. The number of carbonyl (C=O) groups excluding carboxylic acids is 1. The van der Waals surface area contributed by atoms with Gasteiger partial charge in [0.25, 0.3) is 0 Å². The molecule has 1 unspecified atom stereocenters. The number of alkyl halides is 1. The molecule has 0 spiro atoms. The lowest BCUT2D eigenvalue weighted by Gasteiger charge is -2.14. The highest BCUT2D eigenvalue weighted by Gasteiger charge is 2.26. The molecule has 3 aromatic heterocycles. The Hall–Kier alpha value is -3.40. The zero-order valence-corrected chi connectivity index (χ0v) is 20.3. The molecule has 172 valence electrons. The first-order valence-electron chi connectivity index (χ1n) is 10.4. The van der Waals surface area contributed by atoms with E-state index in [0.29, 0.717) is 46.8 Å². The van der Waals surface area contributed by atoms with Gasteiger partial charge in [-0.15, -0.1) is 5.10 Å². The zero-order chi connectivity index (χ0) is 23.5.